The molecule has 168 valence electrons. The van der Waals surface area contributed by atoms with Gasteiger partial charge in [-0.2, -0.15) is 0 Å². The first-order valence-electron chi connectivity index (χ1n) is 10.3. The van der Waals surface area contributed by atoms with Gasteiger partial charge in [0, 0.05) is 41.0 Å². The van der Waals surface area contributed by atoms with Crippen LogP contribution < -0.4 is 5.32 Å². The molecule has 0 spiro atoms. The molecular formula is C22H40N2O5. The molecule has 0 amide bonds. The van der Waals surface area contributed by atoms with E-state index in [2.05, 4.69) is 34.5 Å². The minimum atomic E-state index is -0.298. The zero-order valence-corrected chi connectivity index (χ0v) is 18.3. The fraction of sp³-hybridized carbons (Fsp3) is 0.727. The third kappa shape index (κ3) is 8.30. The number of ether oxygens (including phenoxy) is 2. The summed E-state index contributed by atoms with van der Waals surface area (Å²) in [6.07, 6.45) is 3.65. The van der Waals surface area contributed by atoms with Crippen molar-refractivity contribution >= 4 is 0 Å². The Bertz CT molecular complexity index is 503. The number of aliphatic hydroxyl groups is 3. The van der Waals surface area contributed by atoms with Gasteiger partial charge in [0.25, 0.3) is 0 Å². The Labute approximate surface area is 175 Å². The van der Waals surface area contributed by atoms with E-state index in [4.69, 9.17) is 19.7 Å². The molecule has 2 aliphatic rings. The molecule has 2 heterocycles. The molecule has 4 N–H and O–H groups in total. The van der Waals surface area contributed by atoms with Crippen molar-refractivity contribution < 1.29 is 24.8 Å². The number of rotatable bonds is 6. The summed E-state index contributed by atoms with van der Waals surface area (Å²) in [5.41, 5.74) is 0.805. The zero-order valence-electron chi connectivity index (χ0n) is 18.3. The lowest BCUT2D eigenvalue weighted by Crippen LogP contribution is -2.47. The normalized spacial score (nSPS) is 20.6. The highest BCUT2D eigenvalue weighted by Crippen LogP contribution is 2.26. The van der Waals surface area contributed by atoms with E-state index in [1.165, 1.54) is 5.56 Å². The van der Waals surface area contributed by atoms with Gasteiger partial charge in [0.1, 0.15) is 0 Å². The van der Waals surface area contributed by atoms with Crippen LogP contribution in [0.2, 0.25) is 0 Å². The maximum Gasteiger partial charge on any atom is 0.0932 e. The summed E-state index contributed by atoms with van der Waals surface area (Å²) >= 11 is 0. The van der Waals surface area contributed by atoms with E-state index in [0.29, 0.717) is 0 Å². The largest absolute Gasteiger partial charge is 0.400 e. The molecule has 1 aromatic carbocycles. The van der Waals surface area contributed by atoms with Crippen LogP contribution in [0.1, 0.15) is 31.2 Å². The second-order valence-electron chi connectivity index (χ2n) is 7.60. The summed E-state index contributed by atoms with van der Waals surface area (Å²) in [5, 5.41) is 28.6. The highest BCUT2D eigenvalue weighted by Gasteiger charge is 2.33. The number of aliphatic hydroxyl groups excluding tert-OH is 3. The van der Waals surface area contributed by atoms with Crippen molar-refractivity contribution in [2.24, 2.45) is 0 Å². The second-order valence-corrected chi connectivity index (χ2v) is 7.60. The van der Waals surface area contributed by atoms with E-state index in [1.807, 2.05) is 6.07 Å². The number of nitrogens with one attached hydrogen (secondary N) is 1. The van der Waals surface area contributed by atoms with Gasteiger partial charge in [-0.25, -0.2) is 0 Å². The average Bonchev–Trinajstić information content (AvgIpc) is 2.82. The summed E-state index contributed by atoms with van der Waals surface area (Å²) in [4.78, 5) is 2.42. The maximum atomic E-state index is 9.37. The van der Waals surface area contributed by atoms with E-state index in [1.54, 1.807) is 14.2 Å². The standard InChI is InChI=1S/C14H21NO2.C7H15NO2.CH4O/c1-17-14(12-16)7-9-15(10-8-14)11-13-5-3-2-4-6-13;1-10-7(6-9)2-4-8-5-3-7;1-2/h2-6,16H,7-12H2,1H3;8-9H,2-6H2,1H3;2H,1H3. The molecule has 29 heavy (non-hydrogen) atoms. The average molecular weight is 413 g/mol. The Balaban J connectivity index is 0.000000299. The van der Waals surface area contributed by atoms with Gasteiger partial charge in [0.05, 0.1) is 24.4 Å². The smallest absolute Gasteiger partial charge is 0.0932 e. The zero-order chi connectivity index (χ0) is 21.6. The summed E-state index contributed by atoms with van der Waals surface area (Å²) in [7, 11) is 4.37. The molecule has 0 bridgehead atoms. The lowest BCUT2D eigenvalue weighted by Gasteiger charge is -2.39. The van der Waals surface area contributed by atoms with Crippen LogP contribution in [0.15, 0.2) is 30.3 Å². The SMILES string of the molecule is CO.COC1(CO)CCN(Cc2ccccc2)CC1.COC1(CO)CCNCC1. The van der Waals surface area contributed by atoms with Crippen LogP contribution in [0, 0.1) is 0 Å². The van der Waals surface area contributed by atoms with Gasteiger partial charge < -0.3 is 30.1 Å². The van der Waals surface area contributed by atoms with Gasteiger partial charge >= 0.3 is 0 Å². The molecule has 0 aliphatic carbocycles. The number of methoxy groups -OCH3 is 2. The fourth-order valence-electron chi connectivity index (χ4n) is 3.70. The molecule has 7 heteroatoms. The molecule has 0 aromatic heterocycles. The van der Waals surface area contributed by atoms with E-state index >= 15 is 0 Å². The van der Waals surface area contributed by atoms with Crippen molar-refractivity contribution in [2.75, 3.05) is 60.7 Å². The summed E-state index contributed by atoms with van der Waals surface area (Å²) < 4.78 is 10.7. The molecule has 2 fully saturated rings. The van der Waals surface area contributed by atoms with Gasteiger partial charge in [0.15, 0.2) is 0 Å². The van der Waals surface area contributed by atoms with Crippen LogP contribution in [0.5, 0.6) is 0 Å². The summed E-state index contributed by atoms with van der Waals surface area (Å²) in [6, 6.07) is 10.5. The van der Waals surface area contributed by atoms with Crippen LogP contribution in [-0.2, 0) is 16.0 Å². The monoisotopic (exact) mass is 412 g/mol. The first kappa shape index (κ1) is 26.0. The van der Waals surface area contributed by atoms with Crippen LogP contribution in [0.4, 0.5) is 0 Å². The van der Waals surface area contributed by atoms with Gasteiger partial charge in [-0.3, -0.25) is 4.90 Å². The minimum Gasteiger partial charge on any atom is -0.400 e. The van der Waals surface area contributed by atoms with E-state index in [0.717, 1.165) is 65.5 Å². The second kappa shape index (κ2) is 14.0. The van der Waals surface area contributed by atoms with Crippen LogP contribution in [0.3, 0.4) is 0 Å². The molecule has 2 saturated heterocycles. The Kier molecular flexibility index (Phi) is 12.6. The third-order valence-corrected chi connectivity index (χ3v) is 5.97. The Hall–Kier alpha value is -1.06. The minimum absolute atomic E-state index is 0.128. The molecule has 3 rings (SSSR count). The molecule has 0 saturated carbocycles. The Morgan fingerprint density at radius 3 is 1.76 bits per heavy atom. The molecule has 0 atom stereocenters. The van der Waals surface area contributed by atoms with Crippen LogP contribution >= 0.6 is 0 Å². The first-order valence-corrected chi connectivity index (χ1v) is 10.3. The van der Waals surface area contributed by atoms with Crippen molar-refractivity contribution in [2.45, 2.75) is 43.4 Å². The van der Waals surface area contributed by atoms with Crippen LogP contribution in [0.25, 0.3) is 0 Å². The number of hydrogen-bond donors (Lipinski definition) is 4. The molecule has 2 aliphatic heterocycles. The highest BCUT2D eigenvalue weighted by molar-refractivity contribution is 5.14. The quantitative estimate of drug-likeness (QED) is 0.554. The first-order chi connectivity index (χ1) is 14.1. The topological polar surface area (TPSA) is 94.4 Å². The molecule has 0 unspecified atom stereocenters. The predicted octanol–water partition coefficient (Wildman–Crippen LogP) is 1.02. The van der Waals surface area contributed by atoms with E-state index in [9.17, 15) is 5.11 Å². The van der Waals surface area contributed by atoms with Gasteiger partial charge in [-0.05, 0) is 44.3 Å². The van der Waals surface area contributed by atoms with Crippen molar-refractivity contribution in [3.05, 3.63) is 35.9 Å². The number of piperidine rings is 2. The molecule has 1 aromatic rings. The number of likely N-dealkylation sites (tertiary alicyclic amines) is 1. The van der Waals surface area contributed by atoms with Crippen molar-refractivity contribution in [1.29, 1.82) is 0 Å². The van der Waals surface area contributed by atoms with Crippen molar-refractivity contribution in [3.8, 4) is 0 Å². The lowest BCUT2D eigenvalue weighted by molar-refractivity contribution is -0.0899. The van der Waals surface area contributed by atoms with Crippen LogP contribution in [-0.4, -0.2) is 92.1 Å². The van der Waals surface area contributed by atoms with E-state index < -0.39 is 0 Å². The van der Waals surface area contributed by atoms with Gasteiger partial charge in [0.2, 0.25) is 0 Å². The van der Waals surface area contributed by atoms with E-state index in [-0.39, 0.29) is 24.4 Å². The van der Waals surface area contributed by atoms with Gasteiger partial charge in [-0.1, -0.05) is 30.3 Å². The van der Waals surface area contributed by atoms with Gasteiger partial charge in [-0.15, -0.1) is 0 Å². The van der Waals surface area contributed by atoms with Crippen molar-refractivity contribution in [3.63, 3.8) is 0 Å². The Morgan fingerprint density at radius 2 is 1.34 bits per heavy atom. The third-order valence-electron chi connectivity index (χ3n) is 5.97. The van der Waals surface area contributed by atoms with Crippen molar-refractivity contribution in [1.82, 2.24) is 10.2 Å². The number of nitrogens with zero attached hydrogens (tertiary/aromatic N) is 1. The Morgan fingerprint density at radius 1 is 0.862 bits per heavy atom. The number of hydrogen-bond acceptors (Lipinski definition) is 7. The summed E-state index contributed by atoms with van der Waals surface area (Å²) in [5.74, 6) is 0. The predicted molar refractivity (Wildman–Crippen MR) is 115 cm³/mol. The number of benzene rings is 1. The molecule has 7 nitrogen and oxygen atoms in total. The molecule has 0 radical (unpaired) electrons. The molecular weight excluding hydrogens is 372 g/mol. The summed E-state index contributed by atoms with van der Waals surface area (Å²) in [6.45, 7) is 5.15. The fourth-order valence-corrected chi connectivity index (χ4v) is 3.70. The maximum absolute atomic E-state index is 9.37. The lowest BCUT2D eigenvalue weighted by atomic mass is 9.92. The highest BCUT2D eigenvalue weighted by atomic mass is 16.5.